The van der Waals surface area contributed by atoms with Gasteiger partial charge in [-0.05, 0) is 25.0 Å². The Hall–Kier alpha value is -2.20. The molecule has 0 aliphatic carbocycles. The maximum atomic E-state index is 13.6. The number of amides is 1. The number of hydrogen-bond acceptors (Lipinski definition) is 6. The minimum absolute atomic E-state index is 0.292. The van der Waals surface area contributed by atoms with E-state index in [1.165, 1.54) is 6.07 Å². The fourth-order valence-corrected chi connectivity index (χ4v) is 4.23. The SMILES string of the molecule is O=C(C[C@@](O)(c1nc2ccccc2s1)C(F)(F)F)OCC(=O)N1CCCCCC1. The van der Waals surface area contributed by atoms with Crippen LogP contribution in [-0.4, -0.2) is 52.7 Å². The zero-order chi connectivity index (χ0) is 21.1. The third-order valence-corrected chi connectivity index (χ3v) is 6.02. The molecule has 0 unspecified atom stereocenters. The Kier molecular flexibility index (Phi) is 6.42. The van der Waals surface area contributed by atoms with Crippen molar-refractivity contribution < 1.29 is 32.6 Å². The van der Waals surface area contributed by atoms with Gasteiger partial charge in [-0.15, -0.1) is 11.3 Å². The van der Waals surface area contributed by atoms with Crippen molar-refractivity contribution in [3.05, 3.63) is 29.3 Å². The van der Waals surface area contributed by atoms with Crippen LogP contribution < -0.4 is 0 Å². The van der Waals surface area contributed by atoms with Gasteiger partial charge in [0.25, 0.3) is 5.91 Å². The minimum Gasteiger partial charge on any atom is -0.455 e. The smallest absolute Gasteiger partial charge is 0.424 e. The zero-order valence-corrected chi connectivity index (χ0v) is 16.4. The second-order valence-electron chi connectivity index (χ2n) is 6.98. The van der Waals surface area contributed by atoms with Crippen molar-refractivity contribution in [2.24, 2.45) is 0 Å². The number of nitrogens with zero attached hydrogens (tertiary/aromatic N) is 2. The van der Waals surface area contributed by atoms with Gasteiger partial charge in [0, 0.05) is 13.1 Å². The van der Waals surface area contributed by atoms with E-state index in [2.05, 4.69) is 4.98 Å². The lowest BCUT2D eigenvalue weighted by molar-refractivity contribution is -0.269. The number of thiazole rings is 1. The fraction of sp³-hybridized carbons (Fsp3) is 0.526. The number of ether oxygens (including phenoxy) is 1. The van der Waals surface area contributed by atoms with E-state index >= 15 is 0 Å². The maximum absolute atomic E-state index is 13.6. The molecule has 1 aromatic heterocycles. The Balaban J connectivity index is 1.69. The van der Waals surface area contributed by atoms with Crippen LogP contribution in [0.2, 0.25) is 0 Å². The maximum Gasteiger partial charge on any atom is 0.424 e. The summed E-state index contributed by atoms with van der Waals surface area (Å²) in [5.41, 5.74) is -3.20. The second kappa shape index (κ2) is 8.66. The fourth-order valence-electron chi connectivity index (χ4n) is 3.16. The third kappa shape index (κ3) is 4.87. The number of aliphatic hydroxyl groups is 1. The van der Waals surface area contributed by atoms with Gasteiger partial charge in [-0.1, -0.05) is 25.0 Å². The van der Waals surface area contributed by atoms with Crippen LogP contribution in [0.1, 0.15) is 37.1 Å². The highest BCUT2D eigenvalue weighted by molar-refractivity contribution is 7.18. The van der Waals surface area contributed by atoms with E-state index < -0.39 is 41.7 Å². The molecule has 1 aliphatic rings. The van der Waals surface area contributed by atoms with Gasteiger partial charge in [0.1, 0.15) is 5.01 Å². The lowest BCUT2D eigenvalue weighted by atomic mass is 10.00. The molecule has 0 saturated carbocycles. The number of halogens is 3. The molecule has 0 radical (unpaired) electrons. The summed E-state index contributed by atoms with van der Waals surface area (Å²) in [4.78, 5) is 29.6. The first-order valence-corrected chi connectivity index (χ1v) is 10.1. The summed E-state index contributed by atoms with van der Waals surface area (Å²) in [6, 6.07) is 6.34. The molecule has 1 N–H and O–H groups in total. The molecule has 0 bridgehead atoms. The van der Waals surface area contributed by atoms with E-state index in [1.807, 2.05) is 0 Å². The molecule has 1 fully saturated rings. The standard InChI is InChI=1S/C19H21F3N2O4S/c20-19(21,22)18(27,17-23-13-7-3-4-8-14(13)29-17)11-16(26)28-12-15(25)24-9-5-1-2-6-10-24/h3-4,7-8,27H,1-2,5-6,9-12H2/t18-/m1/s1. The number of alkyl halides is 3. The van der Waals surface area contributed by atoms with Crippen molar-refractivity contribution in [1.29, 1.82) is 0 Å². The van der Waals surface area contributed by atoms with E-state index in [0.29, 0.717) is 34.6 Å². The highest BCUT2D eigenvalue weighted by Crippen LogP contribution is 2.44. The van der Waals surface area contributed by atoms with Gasteiger partial charge in [0.15, 0.2) is 6.61 Å². The quantitative estimate of drug-likeness (QED) is 0.736. The Morgan fingerprint density at radius 3 is 2.41 bits per heavy atom. The number of carbonyl (C=O) groups excluding carboxylic acids is 2. The predicted molar refractivity (Wildman–Crippen MR) is 100 cm³/mol. The normalized spacial score (nSPS) is 17.6. The number of benzene rings is 1. The number of carbonyl (C=O) groups is 2. The highest BCUT2D eigenvalue weighted by Gasteiger charge is 2.58. The molecule has 29 heavy (non-hydrogen) atoms. The van der Waals surface area contributed by atoms with Crippen molar-refractivity contribution in [3.8, 4) is 0 Å². The molecule has 3 rings (SSSR count). The number of likely N-dealkylation sites (tertiary alicyclic amines) is 1. The van der Waals surface area contributed by atoms with Gasteiger partial charge < -0.3 is 14.7 Å². The number of aromatic nitrogens is 1. The van der Waals surface area contributed by atoms with Crippen LogP contribution in [-0.2, 0) is 19.9 Å². The Morgan fingerprint density at radius 1 is 1.14 bits per heavy atom. The van der Waals surface area contributed by atoms with Crippen LogP contribution in [0.4, 0.5) is 13.2 Å². The minimum atomic E-state index is -5.14. The molecule has 2 aromatic rings. The molecule has 10 heteroatoms. The van der Waals surface area contributed by atoms with Crippen molar-refractivity contribution in [2.45, 2.75) is 43.9 Å². The molecule has 6 nitrogen and oxygen atoms in total. The van der Waals surface area contributed by atoms with Gasteiger partial charge in [0.2, 0.25) is 5.60 Å². The first-order valence-electron chi connectivity index (χ1n) is 9.29. The monoisotopic (exact) mass is 430 g/mol. The van der Waals surface area contributed by atoms with Gasteiger partial charge in [0.05, 0.1) is 16.6 Å². The molecule has 1 saturated heterocycles. The molecular weight excluding hydrogens is 409 g/mol. The van der Waals surface area contributed by atoms with Crippen LogP contribution in [0.3, 0.4) is 0 Å². The lowest BCUT2D eigenvalue weighted by Gasteiger charge is -2.27. The van der Waals surface area contributed by atoms with Crippen molar-refractivity contribution in [3.63, 3.8) is 0 Å². The van der Waals surface area contributed by atoms with Gasteiger partial charge >= 0.3 is 12.1 Å². The topological polar surface area (TPSA) is 79.7 Å². The molecule has 1 aliphatic heterocycles. The lowest BCUT2D eigenvalue weighted by Crippen LogP contribution is -2.44. The highest BCUT2D eigenvalue weighted by atomic mass is 32.1. The summed E-state index contributed by atoms with van der Waals surface area (Å²) >= 11 is 0.658. The Morgan fingerprint density at radius 2 is 1.79 bits per heavy atom. The van der Waals surface area contributed by atoms with Crippen molar-refractivity contribution in [1.82, 2.24) is 9.88 Å². The Bertz CT molecular complexity index is 845. The van der Waals surface area contributed by atoms with E-state index in [1.54, 1.807) is 23.1 Å². The molecule has 2 heterocycles. The number of rotatable bonds is 5. The third-order valence-electron chi connectivity index (χ3n) is 4.83. The van der Waals surface area contributed by atoms with Crippen LogP contribution >= 0.6 is 11.3 Å². The zero-order valence-electron chi connectivity index (χ0n) is 15.6. The molecule has 1 amide bonds. The van der Waals surface area contributed by atoms with E-state index in [-0.39, 0.29) is 0 Å². The van der Waals surface area contributed by atoms with Crippen LogP contribution in [0.15, 0.2) is 24.3 Å². The van der Waals surface area contributed by atoms with E-state index in [0.717, 1.165) is 25.7 Å². The number of para-hydroxylation sites is 1. The Labute approximate surface area is 169 Å². The van der Waals surface area contributed by atoms with Crippen molar-refractivity contribution >= 4 is 33.4 Å². The van der Waals surface area contributed by atoms with Gasteiger partial charge in [-0.3, -0.25) is 9.59 Å². The molecule has 158 valence electrons. The van der Waals surface area contributed by atoms with Crippen LogP contribution in [0.5, 0.6) is 0 Å². The number of esters is 1. The summed E-state index contributed by atoms with van der Waals surface area (Å²) in [6.45, 7) is 0.426. The molecular formula is C19H21F3N2O4S. The van der Waals surface area contributed by atoms with E-state index in [9.17, 15) is 27.9 Å². The van der Waals surface area contributed by atoms with E-state index in [4.69, 9.17) is 4.74 Å². The molecule has 1 aromatic carbocycles. The van der Waals surface area contributed by atoms with Crippen molar-refractivity contribution in [2.75, 3.05) is 19.7 Å². The first kappa shape index (κ1) is 21.5. The predicted octanol–water partition coefficient (Wildman–Crippen LogP) is 3.38. The summed E-state index contributed by atoms with van der Waals surface area (Å²) < 4.78 is 46.2. The first-order chi connectivity index (χ1) is 13.7. The van der Waals surface area contributed by atoms with Gasteiger partial charge in [-0.25, -0.2) is 4.98 Å². The summed E-state index contributed by atoms with van der Waals surface area (Å²) in [6.07, 6.45) is -2.83. The number of fused-ring (bicyclic) bond motifs is 1. The summed E-state index contributed by atoms with van der Waals surface area (Å²) in [7, 11) is 0. The average Bonchev–Trinajstić information content (AvgIpc) is 2.92. The average molecular weight is 430 g/mol. The summed E-state index contributed by atoms with van der Waals surface area (Å²) in [5.74, 6) is -1.76. The van der Waals surface area contributed by atoms with Crippen LogP contribution in [0.25, 0.3) is 10.2 Å². The second-order valence-corrected chi connectivity index (χ2v) is 8.01. The molecule has 0 spiro atoms. The largest absolute Gasteiger partial charge is 0.455 e. The molecule has 1 atom stereocenters. The number of hydrogen-bond donors (Lipinski definition) is 1. The van der Waals surface area contributed by atoms with Gasteiger partial charge in [-0.2, -0.15) is 13.2 Å². The summed E-state index contributed by atoms with van der Waals surface area (Å²) in [5, 5.41) is 9.73. The van der Waals surface area contributed by atoms with Crippen LogP contribution in [0, 0.1) is 0 Å².